The van der Waals surface area contributed by atoms with E-state index in [1.807, 2.05) is 12.1 Å². The van der Waals surface area contributed by atoms with E-state index in [-0.39, 0.29) is 17.7 Å². The smallest absolute Gasteiger partial charge is 0.230 e. The van der Waals surface area contributed by atoms with Gasteiger partial charge in [-0.3, -0.25) is 9.69 Å². The van der Waals surface area contributed by atoms with Crippen molar-refractivity contribution in [1.29, 1.82) is 0 Å². The van der Waals surface area contributed by atoms with Gasteiger partial charge in [-0.1, -0.05) is 6.92 Å². The van der Waals surface area contributed by atoms with Crippen LogP contribution in [0.4, 0.5) is 5.13 Å². The van der Waals surface area contributed by atoms with Gasteiger partial charge in [0.25, 0.3) is 0 Å². The van der Waals surface area contributed by atoms with E-state index < -0.39 is 0 Å². The van der Waals surface area contributed by atoms with Crippen molar-refractivity contribution < 1.29 is 9.21 Å². The van der Waals surface area contributed by atoms with Crippen LogP contribution in [-0.2, 0) is 17.8 Å². The van der Waals surface area contributed by atoms with E-state index in [0.717, 1.165) is 49.1 Å². The lowest BCUT2D eigenvalue weighted by Gasteiger charge is -2.23. The highest BCUT2D eigenvalue weighted by Crippen LogP contribution is 2.48. The molecule has 1 saturated carbocycles. The molecule has 2 aromatic rings. The number of fused-ring (bicyclic) bond motifs is 1. The van der Waals surface area contributed by atoms with Crippen LogP contribution in [0, 0.1) is 5.92 Å². The SMILES string of the molecule is CCN1CCc2nc(NC(=O)C3CC3c3ccco3)sc2C1. The molecule has 1 fully saturated rings. The van der Waals surface area contributed by atoms with E-state index in [2.05, 4.69) is 22.1 Å². The number of anilines is 1. The Morgan fingerprint density at radius 3 is 3.27 bits per heavy atom. The van der Waals surface area contributed by atoms with Crippen LogP contribution in [0.2, 0.25) is 0 Å². The van der Waals surface area contributed by atoms with Crippen LogP contribution in [0.3, 0.4) is 0 Å². The highest BCUT2D eigenvalue weighted by atomic mass is 32.1. The fourth-order valence-electron chi connectivity index (χ4n) is 3.07. The second kappa shape index (κ2) is 5.52. The van der Waals surface area contributed by atoms with E-state index in [1.54, 1.807) is 17.6 Å². The lowest BCUT2D eigenvalue weighted by Crippen LogP contribution is -2.29. The number of nitrogens with one attached hydrogen (secondary N) is 1. The van der Waals surface area contributed by atoms with Crippen LogP contribution in [0.5, 0.6) is 0 Å². The third-order valence-electron chi connectivity index (χ3n) is 4.52. The molecule has 22 heavy (non-hydrogen) atoms. The van der Waals surface area contributed by atoms with Gasteiger partial charge in [-0.25, -0.2) is 4.98 Å². The Hall–Kier alpha value is -1.66. The van der Waals surface area contributed by atoms with Crippen molar-refractivity contribution in [2.45, 2.75) is 32.2 Å². The number of aromatic nitrogens is 1. The minimum absolute atomic E-state index is 0.0271. The van der Waals surface area contributed by atoms with Gasteiger partial charge in [-0.15, -0.1) is 11.3 Å². The molecule has 2 aromatic heterocycles. The molecule has 4 rings (SSSR count). The van der Waals surface area contributed by atoms with Crippen molar-refractivity contribution in [3.63, 3.8) is 0 Å². The Kier molecular flexibility index (Phi) is 3.50. The summed E-state index contributed by atoms with van der Waals surface area (Å²) in [5, 5.41) is 3.74. The molecule has 3 heterocycles. The van der Waals surface area contributed by atoms with Crippen LogP contribution in [0.15, 0.2) is 22.8 Å². The van der Waals surface area contributed by atoms with Gasteiger partial charge in [0.15, 0.2) is 5.13 Å². The van der Waals surface area contributed by atoms with Crippen LogP contribution in [-0.4, -0.2) is 28.9 Å². The molecule has 2 atom stereocenters. The van der Waals surface area contributed by atoms with Gasteiger partial charge in [0.2, 0.25) is 5.91 Å². The summed E-state index contributed by atoms with van der Waals surface area (Å²) in [5.74, 6) is 1.25. The monoisotopic (exact) mass is 317 g/mol. The molecule has 5 nitrogen and oxygen atoms in total. The number of hydrogen-bond donors (Lipinski definition) is 1. The van der Waals surface area contributed by atoms with Crippen LogP contribution in [0.25, 0.3) is 0 Å². The number of hydrogen-bond acceptors (Lipinski definition) is 5. The van der Waals surface area contributed by atoms with Crippen molar-refractivity contribution in [2.75, 3.05) is 18.4 Å². The standard InChI is InChI=1S/C16H19N3O2S/c1-2-19-6-5-12-14(9-19)22-16(17-12)18-15(20)11-8-10(11)13-4-3-7-21-13/h3-4,7,10-11H,2,5-6,8-9H2,1H3,(H,17,18,20). The molecule has 1 amide bonds. The molecular formula is C16H19N3O2S. The van der Waals surface area contributed by atoms with Gasteiger partial charge >= 0.3 is 0 Å². The predicted octanol–water partition coefficient (Wildman–Crippen LogP) is 2.86. The molecule has 1 aliphatic carbocycles. The molecule has 0 spiro atoms. The first-order valence-electron chi connectivity index (χ1n) is 7.79. The maximum absolute atomic E-state index is 12.3. The number of likely N-dealkylation sites (N-methyl/N-ethyl adjacent to an activating group) is 1. The first-order valence-corrected chi connectivity index (χ1v) is 8.61. The molecule has 0 saturated heterocycles. The van der Waals surface area contributed by atoms with E-state index in [1.165, 1.54) is 4.88 Å². The summed E-state index contributed by atoms with van der Waals surface area (Å²) < 4.78 is 5.38. The average molecular weight is 317 g/mol. The highest BCUT2D eigenvalue weighted by molar-refractivity contribution is 7.15. The van der Waals surface area contributed by atoms with Gasteiger partial charge in [-0.05, 0) is 25.1 Å². The number of thiazole rings is 1. The number of rotatable bonds is 4. The number of carbonyl (C=O) groups is 1. The summed E-state index contributed by atoms with van der Waals surface area (Å²) in [5.41, 5.74) is 1.16. The second-order valence-corrected chi connectivity index (χ2v) is 7.04. The fraction of sp³-hybridized carbons (Fsp3) is 0.500. The van der Waals surface area contributed by atoms with Crippen molar-refractivity contribution in [2.24, 2.45) is 5.92 Å². The van der Waals surface area contributed by atoms with Gasteiger partial charge in [0.1, 0.15) is 5.76 Å². The molecule has 1 aliphatic heterocycles. The third kappa shape index (κ3) is 2.57. The van der Waals surface area contributed by atoms with Gasteiger partial charge in [0, 0.05) is 36.2 Å². The summed E-state index contributed by atoms with van der Waals surface area (Å²) in [6.07, 6.45) is 3.51. The zero-order chi connectivity index (χ0) is 15.1. The topological polar surface area (TPSA) is 58.4 Å². The van der Waals surface area contributed by atoms with Crippen molar-refractivity contribution in [3.05, 3.63) is 34.7 Å². The van der Waals surface area contributed by atoms with Crippen LogP contribution in [0.1, 0.15) is 35.6 Å². The summed E-state index contributed by atoms with van der Waals surface area (Å²) >= 11 is 1.62. The normalized spacial score (nSPS) is 24.0. The minimum atomic E-state index is 0.0271. The maximum Gasteiger partial charge on any atom is 0.230 e. The first-order chi connectivity index (χ1) is 10.7. The molecule has 0 radical (unpaired) electrons. The zero-order valence-corrected chi connectivity index (χ0v) is 13.4. The summed E-state index contributed by atoms with van der Waals surface area (Å²) in [7, 11) is 0. The molecule has 2 unspecified atom stereocenters. The van der Waals surface area contributed by atoms with E-state index in [9.17, 15) is 4.79 Å². The quantitative estimate of drug-likeness (QED) is 0.942. The lowest BCUT2D eigenvalue weighted by atomic mass is 10.2. The molecule has 0 aromatic carbocycles. The number of carbonyl (C=O) groups excluding carboxylic acids is 1. The summed E-state index contributed by atoms with van der Waals surface area (Å²) in [4.78, 5) is 20.6. The van der Waals surface area contributed by atoms with Crippen molar-refractivity contribution >= 4 is 22.4 Å². The van der Waals surface area contributed by atoms with Gasteiger partial charge < -0.3 is 9.73 Å². The second-order valence-electron chi connectivity index (χ2n) is 5.96. The fourth-order valence-corrected chi connectivity index (χ4v) is 4.12. The largest absolute Gasteiger partial charge is 0.469 e. The predicted molar refractivity (Wildman–Crippen MR) is 85.0 cm³/mol. The number of nitrogens with zero attached hydrogens (tertiary/aromatic N) is 2. The number of furan rings is 1. The van der Waals surface area contributed by atoms with Crippen molar-refractivity contribution in [1.82, 2.24) is 9.88 Å². The van der Waals surface area contributed by atoms with Crippen LogP contribution >= 0.6 is 11.3 Å². The Balaban J connectivity index is 1.40. The van der Waals surface area contributed by atoms with E-state index >= 15 is 0 Å². The first kappa shape index (κ1) is 14.0. The minimum Gasteiger partial charge on any atom is -0.469 e. The highest BCUT2D eigenvalue weighted by Gasteiger charge is 2.46. The molecule has 1 N–H and O–H groups in total. The summed E-state index contributed by atoms with van der Waals surface area (Å²) in [6, 6.07) is 3.82. The van der Waals surface area contributed by atoms with Gasteiger partial charge in [0.05, 0.1) is 12.0 Å². The zero-order valence-electron chi connectivity index (χ0n) is 12.5. The molecule has 6 heteroatoms. The Morgan fingerprint density at radius 1 is 1.59 bits per heavy atom. The summed E-state index contributed by atoms with van der Waals surface area (Å²) in [6.45, 7) is 5.25. The Labute approximate surface area is 133 Å². The maximum atomic E-state index is 12.3. The Morgan fingerprint density at radius 2 is 2.50 bits per heavy atom. The average Bonchev–Trinajstić information content (AvgIpc) is 2.96. The van der Waals surface area contributed by atoms with E-state index in [0.29, 0.717) is 0 Å². The third-order valence-corrected chi connectivity index (χ3v) is 5.52. The molecule has 0 bridgehead atoms. The number of amides is 1. The molecule has 116 valence electrons. The van der Waals surface area contributed by atoms with Crippen LogP contribution < -0.4 is 5.32 Å². The molecular weight excluding hydrogens is 298 g/mol. The lowest BCUT2D eigenvalue weighted by molar-refractivity contribution is -0.117. The van der Waals surface area contributed by atoms with Crippen molar-refractivity contribution in [3.8, 4) is 0 Å². The van der Waals surface area contributed by atoms with Gasteiger partial charge in [-0.2, -0.15) is 0 Å². The Bertz CT molecular complexity index is 680. The molecule has 2 aliphatic rings. The van der Waals surface area contributed by atoms with E-state index in [4.69, 9.17) is 4.42 Å².